The number of fused-ring (bicyclic) bond motifs is 1. The SMILES string of the molecule is N=C(N)c1ccc(N2CCCc3ccccc32)c(Br)c1. The Balaban J connectivity index is 2.04. The lowest BCUT2D eigenvalue weighted by atomic mass is 10.0. The molecular formula is C16H16BrN3. The molecule has 0 atom stereocenters. The lowest BCUT2D eigenvalue weighted by Gasteiger charge is -2.32. The summed E-state index contributed by atoms with van der Waals surface area (Å²) < 4.78 is 0.974. The van der Waals surface area contributed by atoms with Crippen molar-refractivity contribution in [1.29, 1.82) is 5.41 Å². The van der Waals surface area contributed by atoms with Crippen LogP contribution in [0.4, 0.5) is 11.4 Å². The summed E-state index contributed by atoms with van der Waals surface area (Å²) in [5, 5.41) is 7.51. The number of hydrogen-bond donors (Lipinski definition) is 2. The number of nitrogen functional groups attached to an aromatic ring is 1. The molecule has 0 unspecified atom stereocenters. The van der Waals surface area contributed by atoms with Crippen LogP contribution < -0.4 is 10.6 Å². The zero-order chi connectivity index (χ0) is 14.1. The van der Waals surface area contributed by atoms with E-state index in [2.05, 4.69) is 45.1 Å². The minimum Gasteiger partial charge on any atom is -0.384 e. The summed E-state index contributed by atoms with van der Waals surface area (Å²) in [5.74, 6) is 0.0938. The van der Waals surface area contributed by atoms with Gasteiger partial charge in [0.05, 0.1) is 5.69 Å². The largest absolute Gasteiger partial charge is 0.384 e. The van der Waals surface area contributed by atoms with Crippen LogP contribution in [0.2, 0.25) is 0 Å². The number of benzene rings is 2. The molecule has 1 heterocycles. The van der Waals surface area contributed by atoms with Gasteiger partial charge in [0, 0.05) is 22.3 Å². The van der Waals surface area contributed by atoms with Gasteiger partial charge in [0.1, 0.15) is 5.84 Å². The average Bonchev–Trinajstić information content (AvgIpc) is 2.46. The molecule has 0 fully saturated rings. The van der Waals surface area contributed by atoms with Crippen molar-refractivity contribution in [3.63, 3.8) is 0 Å². The van der Waals surface area contributed by atoms with E-state index in [4.69, 9.17) is 11.1 Å². The molecule has 20 heavy (non-hydrogen) atoms. The van der Waals surface area contributed by atoms with E-state index in [0.717, 1.165) is 35.1 Å². The van der Waals surface area contributed by atoms with Crippen molar-refractivity contribution in [2.24, 2.45) is 5.73 Å². The first-order chi connectivity index (χ1) is 9.66. The fraction of sp³-hybridized carbons (Fsp3) is 0.188. The smallest absolute Gasteiger partial charge is 0.122 e. The second-order valence-electron chi connectivity index (χ2n) is 4.96. The Hall–Kier alpha value is -1.81. The van der Waals surface area contributed by atoms with Gasteiger partial charge in [-0.15, -0.1) is 0 Å². The van der Waals surface area contributed by atoms with Crippen LogP contribution in [0, 0.1) is 5.41 Å². The molecular weight excluding hydrogens is 314 g/mol. The number of nitrogens with one attached hydrogen (secondary N) is 1. The fourth-order valence-electron chi connectivity index (χ4n) is 2.68. The third kappa shape index (κ3) is 2.31. The van der Waals surface area contributed by atoms with Crippen molar-refractivity contribution < 1.29 is 0 Å². The first kappa shape index (κ1) is 13.2. The van der Waals surface area contributed by atoms with Crippen LogP contribution in [0.1, 0.15) is 17.5 Å². The Bertz CT molecular complexity index is 667. The summed E-state index contributed by atoms with van der Waals surface area (Å²) in [6.45, 7) is 1.01. The number of aryl methyl sites for hydroxylation is 1. The predicted octanol–water partition coefficient (Wildman–Crippen LogP) is 3.82. The highest BCUT2D eigenvalue weighted by molar-refractivity contribution is 9.10. The van der Waals surface area contributed by atoms with Gasteiger partial charge in [-0.25, -0.2) is 0 Å². The molecule has 0 radical (unpaired) electrons. The molecule has 102 valence electrons. The molecule has 0 saturated heterocycles. The van der Waals surface area contributed by atoms with E-state index in [9.17, 15) is 0 Å². The van der Waals surface area contributed by atoms with Crippen LogP contribution in [0.3, 0.4) is 0 Å². The minimum absolute atomic E-state index is 0.0938. The first-order valence-corrected chi connectivity index (χ1v) is 7.45. The van der Waals surface area contributed by atoms with Crippen molar-refractivity contribution in [2.75, 3.05) is 11.4 Å². The van der Waals surface area contributed by atoms with Crippen LogP contribution in [-0.2, 0) is 6.42 Å². The highest BCUT2D eigenvalue weighted by Gasteiger charge is 2.19. The summed E-state index contributed by atoms with van der Waals surface area (Å²) in [6.07, 6.45) is 2.29. The standard InChI is InChI=1S/C16H16BrN3/c17-13-10-12(16(18)19)7-8-15(13)20-9-3-5-11-4-1-2-6-14(11)20/h1-2,4,6-8,10H,3,5,9H2,(H3,18,19). The van der Waals surface area contributed by atoms with Gasteiger partial charge >= 0.3 is 0 Å². The van der Waals surface area contributed by atoms with Gasteiger partial charge in [0.2, 0.25) is 0 Å². The lowest BCUT2D eigenvalue weighted by molar-refractivity contribution is 0.766. The summed E-state index contributed by atoms with van der Waals surface area (Å²) in [4.78, 5) is 2.33. The zero-order valence-electron chi connectivity index (χ0n) is 11.1. The molecule has 0 bridgehead atoms. The second-order valence-corrected chi connectivity index (χ2v) is 5.82. The van der Waals surface area contributed by atoms with Gasteiger partial charge in [-0.3, -0.25) is 5.41 Å². The van der Waals surface area contributed by atoms with E-state index in [-0.39, 0.29) is 5.84 Å². The summed E-state index contributed by atoms with van der Waals surface area (Å²) >= 11 is 3.61. The summed E-state index contributed by atoms with van der Waals surface area (Å²) in [7, 11) is 0. The van der Waals surface area contributed by atoms with E-state index < -0.39 is 0 Å². The van der Waals surface area contributed by atoms with E-state index in [1.54, 1.807) is 0 Å². The maximum absolute atomic E-state index is 7.51. The van der Waals surface area contributed by atoms with Crippen molar-refractivity contribution in [1.82, 2.24) is 0 Å². The quantitative estimate of drug-likeness (QED) is 0.650. The van der Waals surface area contributed by atoms with Crippen LogP contribution in [0.5, 0.6) is 0 Å². The number of halogens is 1. The Morgan fingerprint density at radius 2 is 1.95 bits per heavy atom. The summed E-state index contributed by atoms with van der Waals surface area (Å²) in [6, 6.07) is 14.4. The Kier molecular flexibility index (Phi) is 3.49. The third-order valence-corrected chi connectivity index (χ3v) is 4.29. The number of rotatable bonds is 2. The third-order valence-electron chi connectivity index (χ3n) is 3.66. The fourth-order valence-corrected chi connectivity index (χ4v) is 3.27. The van der Waals surface area contributed by atoms with Crippen LogP contribution in [0.15, 0.2) is 46.9 Å². The number of nitrogens with two attached hydrogens (primary N) is 1. The molecule has 1 aliphatic rings. The summed E-state index contributed by atoms with van der Waals surface area (Å²) in [5.41, 5.74) is 10.1. The number of hydrogen-bond acceptors (Lipinski definition) is 2. The van der Waals surface area contributed by atoms with Crippen molar-refractivity contribution in [3.8, 4) is 0 Å². The van der Waals surface area contributed by atoms with E-state index in [1.165, 1.54) is 11.3 Å². The molecule has 3 nitrogen and oxygen atoms in total. The number of anilines is 2. The lowest BCUT2D eigenvalue weighted by Crippen LogP contribution is -2.25. The topological polar surface area (TPSA) is 53.1 Å². The van der Waals surface area contributed by atoms with Gasteiger partial charge in [0.25, 0.3) is 0 Å². The van der Waals surface area contributed by atoms with Crippen LogP contribution >= 0.6 is 15.9 Å². The number of amidine groups is 1. The van der Waals surface area contributed by atoms with Gasteiger partial charge < -0.3 is 10.6 Å². The molecule has 3 rings (SSSR count). The predicted molar refractivity (Wildman–Crippen MR) is 86.9 cm³/mol. The zero-order valence-corrected chi connectivity index (χ0v) is 12.7. The highest BCUT2D eigenvalue weighted by atomic mass is 79.9. The van der Waals surface area contributed by atoms with E-state index >= 15 is 0 Å². The van der Waals surface area contributed by atoms with Gasteiger partial charge in [-0.05, 0) is 58.6 Å². The minimum atomic E-state index is 0.0938. The van der Waals surface area contributed by atoms with E-state index in [0.29, 0.717) is 0 Å². The maximum atomic E-state index is 7.51. The Morgan fingerprint density at radius 1 is 1.15 bits per heavy atom. The molecule has 0 spiro atoms. The Morgan fingerprint density at radius 3 is 2.70 bits per heavy atom. The molecule has 1 aliphatic heterocycles. The van der Waals surface area contributed by atoms with Crippen LogP contribution in [-0.4, -0.2) is 12.4 Å². The van der Waals surface area contributed by atoms with Gasteiger partial charge in [-0.1, -0.05) is 18.2 Å². The average molecular weight is 330 g/mol. The van der Waals surface area contributed by atoms with E-state index in [1.807, 2.05) is 18.2 Å². The van der Waals surface area contributed by atoms with Gasteiger partial charge in [0.15, 0.2) is 0 Å². The van der Waals surface area contributed by atoms with Crippen LogP contribution in [0.25, 0.3) is 0 Å². The van der Waals surface area contributed by atoms with Crippen molar-refractivity contribution in [3.05, 3.63) is 58.1 Å². The molecule has 4 heteroatoms. The molecule has 0 saturated carbocycles. The maximum Gasteiger partial charge on any atom is 0.122 e. The molecule has 0 aliphatic carbocycles. The van der Waals surface area contributed by atoms with Crippen molar-refractivity contribution >= 4 is 33.1 Å². The normalized spacial score (nSPS) is 13.9. The molecule has 2 aromatic rings. The number of nitrogens with zero attached hydrogens (tertiary/aromatic N) is 1. The Labute approximate surface area is 127 Å². The molecule has 0 amide bonds. The number of para-hydroxylation sites is 1. The van der Waals surface area contributed by atoms with Gasteiger partial charge in [-0.2, -0.15) is 0 Å². The first-order valence-electron chi connectivity index (χ1n) is 6.66. The molecule has 3 N–H and O–H groups in total. The highest BCUT2D eigenvalue weighted by Crippen LogP contribution is 2.37. The molecule has 2 aromatic carbocycles. The monoisotopic (exact) mass is 329 g/mol. The van der Waals surface area contributed by atoms with Crippen molar-refractivity contribution in [2.45, 2.75) is 12.8 Å². The molecule has 0 aromatic heterocycles. The second kappa shape index (κ2) is 5.29.